The molecule has 0 bridgehead atoms. The molecule has 11 nitrogen and oxygen atoms in total. The van der Waals surface area contributed by atoms with Crippen LogP contribution in [-0.4, -0.2) is 99.0 Å². The van der Waals surface area contributed by atoms with Crippen molar-refractivity contribution in [2.24, 2.45) is 5.92 Å². The van der Waals surface area contributed by atoms with Crippen LogP contribution >= 0.6 is 0 Å². The van der Waals surface area contributed by atoms with E-state index in [0.717, 1.165) is 55.7 Å². The summed E-state index contributed by atoms with van der Waals surface area (Å²) in [5.74, 6) is 1.91. The van der Waals surface area contributed by atoms with Crippen LogP contribution in [0.25, 0.3) is 11.0 Å². The van der Waals surface area contributed by atoms with E-state index < -0.39 is 0 Å². The average Bonchev–Trinajstić information content (AvgIpc) is 3.44. The minimum absolute atomic E-state index is 0.168. The highest BCUT2D eigenvalue weighted by Gasteiger charge is 2.34. The van der Waals surface area contributed by atoms with Gasteiger partial charge >= 0.3 is 6.01 Å². The number of carbonyl (C=O) groups excluding carboxylic acids is 1. The molecule has 1 amide bonds. The molecular weight excluding hydrogens is 532 g/mol. The number of rotatable bonds is 9. The van der Waals surface area contributed by atoms with E-state index in [1.54, 1.807) is 0 Å². The maximum Gasteiger partial charge on any atom is 0.320 e. The first kappa shape index (κ1) is 28.6. The largest absolute Gasteiger partial charge is 0.478 e. The first-order valence-corrected chi connectivity index (χ1v) is 15.9. The van der Waals surface area contributed by atoms with Crippen LogP contribution in [0.1, 0.15) is 64.5 Å². The van der Waals surface area contributed by atoms with E-state index in [0.29, 0.717) is 62.3 Å². The molecule has 0 radical (unpaired) electrons. The number of piperidine rings is 1. The lowest BCUT2D eigenvalue weighted by Crippen LogP contribution is -2.51. The number of piperazine rings is 1. The Morgan fingerprint density at radius 3 is 2.38 bits per heavy atom. The van der Waals surface area contributed by atoms with Crippen LogP contribution < -0.4 is 14.4 Å². The van der Waals surface area contributed by atoms with Crippen molar-refractivity contribution in [3.63, 3.8) is 0 Å². The third-order valence-electron chi connectivity index (χ3n) is 8.96. The quantitative estimate of drug-likeness (QED) is 0.377. The van der Waals surface area contributed by atoms with Crippen molar-refractivity contribution in [1.82, 2.24) is 34.5 Å². The molecule has 0 N–H and O–H groups in total. The van der Waals surface area contributed by atoms with Crippen LogP contribution in [0.15, 0.2) is 24.4 Å². The number of nitrogens with zero attached hydrogens (tertiary/aromatic N) is 8. The number of amides is 1. The summed E-state index contributed by atoms with van der Waals surface area (Å²) in [7, 11) is 0. The summed E-state index contributed by atoms with van der Waals surface area (Å²) in [4.78, 5) is 34.6. The SMILES string of the molecule is CCOc1cccc(Cn2ncc3c(N4CCN(C(=O)C5CCC(N6CCCCC6)CC5)CC4)nc(OCC)nc32)n1. The first-order chi connectivity index (χ1) is 20.6. The molecule has 0 spiro atoms. The molecule has 1 aliphatic carbocycles. The van der Waals surface area contributed by atoms with Crippen LogP contribution in [0, 0.1) is 5.92 Å². The molecule has 0 unspecified atom stereocenters. The van der Waals surface area contributed by atoms with Crippen LogP contribution in [0.3, 0.4) is 0 Å². The molecule has 5 heterocycles. The second kappa shape index (κ2) is 13.2. The summed E-state index contributed by atoms with van der Waals surface area (Å²) in [5.41, 5.74) is 1.54. The van der Waals surface area contributed by atoms with Crippen LogP contribution in [0.4, 0.5) is 5.82 Å². The zero-order valence-electron chi connectivity index (χ0n) is 25.1. The summed E-state index contributed by atoms with van der Waals surface area (Å²) >= 11 is 0. The fraction of sp³-hybridized carbons (Fsp3) is 0.645. The highest BCUT2D eigenvalue weighted by atomic mass is 16.5. The number of likely N-dealkylation sites (tertiary alicyclic amines) is 1. The molecule has 226 valence electrons. The molecule has 3 aromatic heterocycles. The zero-order chi connectivity index (χ0) is 28.9. The third kappa shape index (κ3) is 6.30. The minimum Gasteiger partial charge on any atom is -0.478 e. The Hall–Kier alpha value is -3.47. The Kier molecular flexibility index (Phi) is 9.02. The smallest absolute Gasteiger partial charge is 0.320 e. The molecule has 0 atom stereocenters. The summed E-state index contributed by atoms with van der Waals surface area (Å²) in [6.45, 7) is 10.7. The number of anilines is 1. The molecule has 6 rings (SSSR count). The van der Waals surface area contributed by atoms with Gasteiger partial charge in [0.1, 0.15) is 5.82 Å². The highest BCUT2D eigenvalue weighted by Crippen LogP contribution is 2.32. The van der Waals surface area contributed by atoms with Gasteiger partial charge in [-0.3, -0.25) is 4.79 Å². The van der Waals surface area contributed by atoms with Crippen molar-refractivity contribution in [2.45, 2.75) is 71.4 Å². The Morgan fingerprint density at radius 2 is 1.64 bits per heavy atom. The average molecular weight is 577 g/mol. The maximum atomic E-state index is 13.5. The number of fused-ring (bicyclic) bond motifs is 1. The van der Waals surface area contributed by atoms with E-state index in [1.807, 2.05) is 42.9 Å². The van der Waals surface area contributed by atoms with Crippen molar-refractivity contribution in [1.29, 1.82) is 0 Å². The van der Waals surface area contributed by atoms with E-state index in [9.17, 15) is 4.79 Å². The third-order valence-corrected chi connectivity index (χ3v) is 8.96. The minimum atomic E-state index is 0.168. The fourth-order valence-corrected chi connectivity index (χ4v) is 6.77. The van der Waals surface area contributed by atoms with Gasteiger partial charge in [-0.25, -0.2) is 9.67 Å². The van der Waals surface area contributed by atoms with E-state index in [-0.39, 0.29) is 5.92 Å². The summed E-state index contributed by atoms with van der Waals surface area (Å²) in [5, 5.41) is 5.52. The molecule has 11 heteroatoms. The number of pyridine rings is 1. The Labute approximate surface area is 248 Å². The van der Waals surface area contributed by atoms with Crippen molar-refractivity contribution in [3.05, 3.63) is 30.1 Å². The Morgan fingerprint density at radius 1 is 0.881 bits per heavy atom. The molecule has 42 heavy (non-hydrogen) atoms. The summed E-state index contributed by atoms with van der Waals surface area (Å²) < 4.78 is 13.2. The van der Waals surface area contributed by atoms with Crippen LogP contribution in [0.5, 0.6) is 11.9 Å². The van der Waals surface area contributed by atoms with Gasteiger partial charge in [-0.1, -0.05) is 12.5 Å². The lowest BCUT2D eigenvalue weighted by Gasteiger charge is -2.41. The number of hydrogen-bond acceptors (Lipinski definition) is 9. The van der Waals surface area contributed by atoms with Crippen LogP contribution in [-0.2, 0) is 11.3 Å². The molecule has 1 saturated carbocycles. The van der Waals surface area contributed by atoms with Gasteiger partial charge in [0.15, 0.2) is 5.65 Å². The molecule has 2 aliphatic heterocycles. The maximum absolute atomic E-state index is 13.5. The monoisotopic (exact) mass is 576 g/mol. The van der Waals surface area contributed by atoms with Gasteiger partial charge in [-0.05, 0) is 71.5 Å². The topological polar surface area (TPSA) is 102 Å². The van der Waals surface area contributed by atoms with Crippen LogP contribution in [0.2, 0.25) is 0 Å². The lowest BCUT2D eigenvalue weighted by molar-refractivity contribution is -0.137. The molecule has 3 fully saturated rings. The molecular formula is C31H44N8O3. The van der Waals surface area contributed by atoms with Crippen molar-refractivity contribution in [2.75, 3.05) is 57.4 Å². The van der Waals surface area contributed by atoms with Gasteiger partial charge in [-0.15, -0.1) is 0 Å². The van der Waals surface area contributed by atoms with Gasteiger partial charge in [-0.2, -0.15) is 15.1 Å². The normalized spacial score (nSPS) is 22.0. The lowest BCUT2D eigenvalue weighted by atomic mass is 9.83. The van der Waals surface area contributed by atoms with Gasteiger partial charge in [0.05, 0.1) is 37.0 Å². The second-order valence-corrected chi connectivity index (χ2v) is 11.6. The van der Waals surface area contributed by atoms with Gasteiger partial charge in [0.25, 0.3) is 0 Å². The molecule has 3 aromatic rings. The zero-order valence-corrected chi connectivity index (χ0v) is 25.1. The number of hydrogen-bond donors (Lipinski definition) is 0. The van der Waals surface area contributed by atoms with Gasteiger partial charge in [0.2, 0.25) is 11.8 Å². The standard InChI is InChI=1S/C31H44N8O3/c1-3-41-27-10-8-9-24(33-27)22-39-29-26(21-32-39)28(34-31(35-29)42-4-2)37-17-19-38(20-18-37)30(40)23-11-13-25(14-12-23)36-15-6-5-7-16-36/h8-10,21,23,25H,3-7,11-20,22H2,1-2H3. The predicted molar refractivity (Wildman–Crippen MR) is 161 cm³/mol. The summed E-state index contributed by atoms with van der Waals surface area (Å²) in [6, 6.07) is 6.76. The summed E-state index contributed by atoms with van der Waals surface area (Å²) in [6.07, 6.45) is 10.2. The van der Waals surface area contributed by atoms with E-state index >= 15 is 0 Å². The Balaban J connectivity index is 1.12. The first-order valence-electron chi connectivity index (χ1n) is 15.9. The predicted octanol–water partition coefficient (Wildman–Crippen LogP) is 3.76. The highest BCUT2D eigenvalue weighted by molar-refractivity contribution is 5.87. The molecule has 3 aliphatic rings. The van der Waals surface area contributed by atoms with E-state index in [1.165, 1.54) is 32.4 Å². The number of ether oxygens (including phenoxy) is 2. The van der Waals surface area contributed by atoms with Crippen molar-refractivity contribution in [3.8, 4) is 11.9 Å². The number of aromatic nitrogens is 5. The van der Waals surface area contributed by atoms with Crippen molar-refractivity contribution < 1.29 is 14.3 Å². The van der Waals surface area contributed by atoms with Gasteiger partial charge < -0.3 is 24.2 Å². The van der Waals surface area contributed by atoms with E-state index in [4.69, 9.17) is 19.4 Å². The van der Waals surface area contributed by atoms with Gasteiger partial charge in [0, 0.05) is 44.2 Å². The fourth-order valence-electron chi connectivity index (χ4n) is 6.77. The Bertz CT molecular complexity index is 1340. The number of carbonyl (C=O) groups is 1. The molecule has 2 saturated heterocycles. The van der Waals surface area contributed by atoms with E-state index in [2.05, 4.69) is 24.8 Å². The van der Waals surface area contributed by atoms with Crippen molar-refractivity contribution >= 4 is 22.8 Å². The second-order valence-electron chi connectivity index (χ2n) is 11.6. The molecule has 0 aromatic carbocycles.